The second-order valence-corrected chi connectivity index (χ2v) is 10.1. The molecule has 0 saturated carbocycles. The predicted molar refractivity (Wildman–Crippen MR) is 151 cm³/mol. The first-order valence-corrected chi connectivity index (χ1v) is 13.4. The van der Waals surface area contributed by atoms with Crippen molar-refractivity contribution in [2.75, 3.05) is 33.3 Å². The summed E-state index contributed by atoms with van der Waals surface area (Å²) in [5.41, 5.74) is 2.46. The smallest absolute Gasteiger partial charge is 0.337 e. The Bertz CT molecular complexity index is 1240. The van der Waals surface area contributed by atoms with Gasteiger partial charge in [0.15, 0.2) is 5.11 Å². The molecule has 1 unspecified atom stereocenters. The van der Waals surface area contributed by atoms with Crippen LogP contribution in [0.4, 0.5) is 10.5 Å². The zero-order valence-electron chi connectivity index (χ0n) is 22.1. The molecule has 11 heteroatoms. The quantitative estimate of drug-likeness (QED) is 0.164. The lowest BCUT2D eigenvalue weighted by Gasteiger charge is -2.38. The highest BCUT2D eigenvalue weighted by molar-refractivity contribution is 7.80. The van der Waals surface area contributed by atoms with E-state index in [9.17, 15) is 19.7 Å². The molecular formula is C28H33N5O5S. The summed E-state index contributed by atoms with van der Waals surface area (Å²) in [5.74, 6) is -0.0332. The van der Waals surface area contributed by atoms with Gasteiger partial charge in [0.2, 0.25) is 0 Å². The van der Waals surface area contributed by atoms with Crippen LogP contribution in [0.25, 0.3) is 0 Å². The molecule has 2 aromatic rings. The summed E-state index contributed by atoms with van der Waals surface area (Å²) in [6.45, 7) is 5.00. The van der Waals surface area contributed by atoms with Crippen LogP contribution in [0.1, 0.15) is 49.3 Å². The predicted octanol–water partition coefficient (Wildman–Crippen LogP) is 4.25. The van der Waals surface area contributed by atoms with Gasteiger partial charge in [0, 0.05) is 24.4 Å². The van der Waals surface area contributed by atoms with E-state index in [-0.39, 0.29) is 16.4 Å². The zero-order valence-corrected chi connectivity index (χ0v) is 22.9. The molecule has 39 heavy (non-hydrogen) atoms. The molecule has 2 N–H and O–H groups in total. The number of urea groups is 1. The molecule has 1 atom stereocenters. The molecule has 2 heterocycles. The summed E-state index contributed by atoms with van der Waals surface area (Å²) >= 11 is 5.48. The molecule has 10 nitrogen and oxygen atoms in total. The summed E-state index contributed by atoms with van der Waals surface area (Å²) in [5, 5.41) is 17.1. The molecule has 1 fully saturated rings. The number of non-ortho nitro benzene ring substituents is 1. The SMILES string of the molecule is COC(=O)C1=C(C)NC(=S)N(C(=O)NCCCN2CCC(c3ccccc3)CC2)C1c1ccc([N+](=O)[O-])cc1. The van der Waals surface area contributed by atoms with Crippen LogP contribution in [-0.2, 0) is 9.53 Å². The largest absolute Gasteiger partial charge is 0.466 e. The van der Waals surface area contributed by atoms with E-state index in [1.54, 1.807) is 6.92 Å². The number of nitrogens with zero attached hydrogens (tertiary/aromatic N) is 3. The van der Waals surface area contributed by atoms with Crippen molar-refractivity contribution in [3.63, 3.8) is 0 Å². The zero-order chi connectivity index (χ0) is 27.9. The molecule has 0 bridgehead atoms. The van der Waals surface area contributed by atoms with E-state index in [1.807, 2.05) is 6.07 Å². The molecule has 1 saturated heterocycles. The number of carbonyl (C=O) groups excluding carboxylic acids is 2. The first-order chi connectivity index (χ1) is 18.8. The molecule has 206 valence electrons. The highest BCUT2D eigenvalue weighted by Gasteiger charge is 2.40. The van der Waals surface area contributed by atoms with E-state index in [4.69, 9.17) is 17.0 Å². The fraction of sp³-hybridized carbons (Fsp3) is 0.393. The third-order valence-corrected chi connectivity index (χ3v) is 7.58. The third kappa shape index (κ3) is 6.61. The number of esters is 1. The molecule has 0 radical (unpaired) electrons. The lowest BCUT2D eigenvalue weighted by molar-refractivity contribution is -0.384. The molecule has 2 aliphatic rings. The van der Waals surface area contributed by atoms with E-state index in [0.29, 0.717) is 23.7 Å². The van der Waals surface area contributed by atoms with E-state index in [2.05, 4.69) is 39.8 Å². The number of thiocarbonyl (C=S) groups is 1. The summed E-state index contributed by atoms with van der Waals surface area (Å²) in [6.07, 6.45) is 2.99. The van der Waals surface area contributed by atoms with Gasteiger partial charge in [-0.1, -0.05) is 30.3 Å². The maximum Gasteiger partial charge on any atom is 0.337 e. The fourth-order valence-corrected chi connectivity index (χ4v) is 5.56. The van der Waals surface area contributed by atoms with Gasteiger partial charge in [-0.15, -0.1) is 0 Å². The first kappa shape index (κ1) is 28.2. The molecule has 0 aromatic heterocycles. The normalized spacial score (nSPS) is 18.5. The number of methoxy groups -OCH3 is 1. The van der Waals surface area contributed by atoms with Crippen molar-refractivity contribution in [2.45, 2.75) is 38.1 Å². The van der Waals surface area contributed by atoms with Gasteiger partial charge < -0.3 is 20.3 Å². The first-order valence-electron chi connectivity index (χ1n) is 13.0. The molecule has 0 aliphatic carbocycles. The van der Waals surface area contributed by atoms with Gasteiger partial charge in [-0.3, -0.25) is 15.0 Å². The van der Waals surface area contributed by atoms with Gasteiger partial charge in [-0.25, -0.2) is 9.59 Å². The third-order valence-electron chi connectivity index (χ3n) is 7.28. The second kappa shape index (κ2) is 12.8. The van der Waals surface area contributed by atoms with Gasteiger partial charge in [0.1, 0.15) is 6.04 Å². The Kier molecular flexibility index (Phi) is 9.26. The fourth-order valence-electron chi connectivity index (χ4n) is 5.22. The Morgan fingerprint density at radius 1 is 1.10 bits per heavy atom. The van der Waals surface area contributed by atoms with Gasteiger partial charge in [0.25, 0.3) is 5.69 Å². The van der Waals surface area contributed by atoms with Crippen LogP contribution in [0.15, 0.2) is 65.9 Å². The number of rotatable bonds is 8. The molecule has 2 aromatic carbocycles. The highest BCUT2D eigenvalue weighted by atomic mass is 32.1. The van der Waals surface area contributed by atoms with Crippen molar-refractivity contribution in [1.82, 2.24) is 20.4 Å². The Hall–Kier alpha value is -3.83. The number of piperidine rings is 1. The maximum absolute atomic E-state index is 13.4. The number of nitro benzene ring substituents is 1. The van der Waals surface area contributed by atoms with Gasteiger partial charge in [-0.05, 0) is 87.2 Å². The minimum atomic E-state index is -0.899. The summed E-state index contributed by atoms with van der Waals surface area (Å²) in [6, 6.07) is 15.0. The van der Waals surface area contributed by atoms with Crippen molar-refractivity contribution >= 4 is 35.0 Å². The van der Waals surface area contributed by atoms with Gasteiger partial charge in [0.05, 0.1) is 17.6 Å². The Morgan fingerprint density at radius 3 is 2.38 bits per heavy atom. The minimum absolute atomic E-state index is 0.0978. The van der Waals surface area contributed by atoms with Crippen molar-refractivity contribution in [1.29, 1.82) is 0 Å². The van der Waals surface area contributed by atoms with Crippen molar-refractivity contribution < 1.29 is 19.2 Å². The standard InChI is InChI=1S/C28H33N5O5S/c1-19-24(26(34)38-2)25(22-9-11-23(12-10-22)33(36)37)32(28(39)30-19)27(35)29-15-6-16-31-17-13-21(14-18-31)20-7-4-3-5-8-20/h3-5,7-12,21,25H,6,13-18H2,1-2H3,(H,29,35)(H,30,39). The van der Waals surface area contributed by atoms with E-state index in [0.717, 1.165) is 38.9 Å². The van der Waals surface area contributed by atoms with Crippen LogP contribution < -0.4 is 10.6 Å². The van der Waals surface area contributed by atoms with Crippen LogP contribution in [-0.4, -0.2) is 65.1 Å². The summed E-state index contributed by atoms with van der Waals surface area (Å²) < 4.78 is 4.99. The number of carbonyl (C=O) groups is 2. The van der Waals surface area contributed by atoms with Gasteiger partial charge >= 0.3 is 12.0 Å². The monoisotopic (exact) mass is 551 g/mol. The number of benzene rings is 2. The molecule has 2 aliphatic heterocycles. The molecule has 4 rings (SSSR count). The number of likely N-dealkylation sites (tertiary alicyclic amines) is 1. The van der Waals surface area contributed by atoms with Gasteiger partial charge in [-0.2, -0.15) is 0 Å². The number of allylic oxidation sites excluding steroid dienone is 1. The maximum atomic E-state index is 13.4. The lowest BCUT2D eigenvalue weighted by Crippen LogP contribution is -2.54. The van der Waals surface area contributed by atoms with Crippen LogP contribution in [0, 0.1) is 10.1 Å². The number of hydrogen-bond donors (Lipinski definition) is 2. The number of nitro groups is 1. The number of hydrogen-bond acceptors (Lipinski definition) is 7. The van der Waals surface area contributed by atoms with Crippen LogP contribution in [0.2, 0.25) is 0 Å². The van der Waals surface area contributed by atoms with Crippen LogP contribution >= 0.6 is 12.2 Å². The average molecular weight is 552 g/mol. The Labute approximate surface area is 233 Å². The number of ether oxygens (including phenoxy) is 1. The lowest BCUT2D eigenvalue weighted by atomic mass is 9.89. The highest BCUT2D eigenvalue weighted by Crippen LogP contribution is 2.35. The van der Waals surface area contributed by atoms with Crippen LogP contribution in [0.3, 0.4) is 0 Å². The number of nitrogens with one attached hydrogen (secondary N) is 2. The summed E-state index contributed by atoms with van der Waals surface area (Å²) in [7, 11) is 1.26. The van der Waals surface area contributed by atoms with Crippen molar-refractivity contribution in [2.24, 2.45) is 0 Å². The van der Waals surface area contributed by atoms with E-state index in [1.165, 1.54) is 41.8 Å². The molecular weight excluding hydrogens is 518 g/mol. The van der Waals surface area contributed by atoms with E-state index >= 15 is 0 Å². The average Bonchev–Trinajstić information content (AvgIpc) is 2.95. The molecule has 2 amide bonds. The Balaban J connectivity index is 1.39. The van der Waals surface area contributed by atoms with Crippen molar-refractivity contribution in [3.8, 4) is 0 Å². The van der Waals surface area contributed by atoms with Crippen LogP contribution in [0.5, 0.6) is 0 Å². The summed E-state index contributed by atoms with van der Waals surface area (Å²) in [4.78, 5) is 40.4. The van der Waals surface area contributed by atoms with E-state index < -0.39 is 23.0 Å². The topological polar surface area (TPSA) is 117 Å². The Morgan fingerprint density at radius 2 is 1.77 bits per heavy atom. The number of amides is 2. The minimum Gasteiger partial charge on any atom is -0.466 e. The molecule has 0 spiro atoms. The van der Waals surface area contributed by atoms with Crippen molar-refractivity contribution in [3.05, 3.63) is 87.1 Å². The second-order valence-electron chi connectivity index (χ2n) is 9.69.